The van der Waals surface area contributed by atoms with Crippen molar-refractivity contribution in [1.82, 2.24) is 0 Å². The molecule has 0 aromatic heterocycles. The molecule has 4 heteroatoms. The number of nitrogens with zero attached hydrogens (tertiary/aromatic N) is 1. The maximum atomic E-state index is 13.9. The normalized spacial score (nSPS) is 16.0. The monoisotopic (exact) mass is 284 g/mol. The van der Waals surface area contributed by atoms with Crippen molar-refractivity contribution in [1.29, 1.82) is 0 Å². The number of carbonyl (C=O) groups is 1. The van der Waals surface area contributed by atoms with Gasteiger partial charge in [-0.25, -0.2) is 4.39 Å². The van der Waals surface area contributed by atoms with E-state index in [0.29, 0.717) is 6.54 Å². The Balaban J connectivity index is 2.06. The lowest BCUT2D eigenvalue weighted by Gasteiger charge is -2.40. The average Bonchev–Trinajstić information content (AvgIpc) is 2.45. The van der Waals surface area contributed by atoms with Gasteiger partial charge in [-0.05, 0) is 38.1 Å². The Kier molecular flexibility index (Phi) is 3.16. The molecule has 3 rings (SSSR count). The van der Waals surface area contributed by atoms with Crippen LogP contribution in [-0.4, -0.2) is 18.0 Å². The van der Waals surface area contributed by atoms with Gasteiger partial charge in [-0.15, -0.1) is 0 Å². The maximum absolute atomic E-state index is 13.9. The van der Waals surface area contributed by atoms with Crippen LogP contribution in [0.25, 0.3) is 0 Å². The molecular weight excluding hydrogens is 267 g/mol. The highest BCUT2D eigenvalue weighted by Gasteiger charge is 2.33. The van der Waals surface area contributed by atoms with Crippen molar-refractivity contribution in [3.05, 3.63) is 59.9 Å². The molecule has 1 amide bonds. The number of hydrogen-bond donors (Lipinski definition) is 1. The van der Waals surface area contributed by atoms with Crippen LogP contribution < -0.4 is 10.2 Å². The van der Waals surface area contributed by atoms with Crippen LogP contribution >= 0.6 is 0 Å². The van der Waals surface area contributed by atoms with Gasteiger partial charge in [0, 0.05) is 12.1 Å². The van der Waals surface area contributed by atoms with Gasteiger partial charge in [0.15, 0.2) is 0 Å². The van der Waals surface area contributed by atoms with E-state index >= 15 is 0 Å². The van der Waals surface area contributed by atoms with Crippen molar-refractivity contribution in [2.75, 3.05) is 16.8 Å². The fourth-order valence-electron chi connectivity index (χ4n) is 2.66. The number of halogens is 1. The molecule has 0 spiro atoms. The Labute approximate surface area is 123 Å². The van der Waals surface area contributed by atoms with Crippen molar-refractivity contribution in [3.63, 3.8) is 0 Å². The number of anilines is 2. The molecule has 0 radical (unpaired) electrons. The predicted octanol–water partition coefficient (Wildman–Crippen LogP) is 3.68. The second-order valence-electron chi connectivity index (χ2n) is 5.90. The van der Waals surface area contributed by atoms with Gasteiger partial charge in [-0.2, -0.15) is 0 Å². The van der Waals surface area contributed by atoms with E-state index < -0.39 is 5.82 Å². The molecule has 0 aliphatic carbocycles. The van der Waals surface area contributed by atoms with Crippen LogP contribution in [0.4, 0.5) is 15.8 Å². The number of carbonyl (C=O) groups excluding carboxylic acids is 1. The molecule has 0 unspecified atom stereocenters. The Bertz CT molecular complexity index is 697. The zero-order valence-electron chi connectivity index (χ0n) is 12.1. The van der Waals surface area contributed by atoms with Crippen LogP contribution in [0, 0.1) is 5.82 Å². The van der Waals surface area contributed by atoms with E-state index in [-0.39, 0.29) is 17.0 Å². The topological polar surface area (TPSA) is 32.3 Å². The summed E-state index contributed by atoms with van der Waals surface area (Å²) in [6.07, 6.45) is 0. The molecule has 0 atom stereocenters. The van der Waals surface area contributed by atoms with Gasteiger partial charge in [0.25, 0.3) is 5.91 Å². The molecule has 3 nitrogen and oxygen atoms in total. The predicted molar refractivity (Wildman–Crippen MR) is 82.2 cm³/mol. The molecule has 1 aliphatic heterocycles. The highest BCUT2D eigenvalue weighted by atomic mass is 19.1. The van der Waals surface area contributed by atoms with Crippen LogP contribution in [-0.2, 0) is 0 Å². The summed E-state index contributed by atoms with van der Waals surface area (Å²) in [5.41, 5.74) is 1.50. The number of hydrogen-bond acceptors (Lipinski definition) is 2. The zero-order chi connectivity index (χ0) is 15.0. The largest absolute Gasteiger partial charge is 0.377 e. The van der Waals surface area contributed by atoms with Crippen molar-refractivity contribution in [2.45, 2.75) is 19.4 Å². The van der Waals surface area contributed by atoms with Crippen molar-refractivity contribution in [3.8, 4) is 0 Å². The summed E-state index contributed by atoms with van der Waals surface area (Å²) in [7, 11) is 0. The summed E-state index contributed by atoms with van der Waals surface area (Å²) >= 11 is 0. The van der Waals surface area contributed by atoms with Gasteiger partial charge in [-0.3, -0.25) is 4.79 Å². The molecule has 0 saturated heterocycles. The maximum Gasteiger partial charge on any atom is 0.261 e. The van der Waals surface area contributed by atoms with Gasteiger partial charge in [0.2, 0.25) is 0 Å². The van der Waals surface area contributed by atoms with Crippen LogP contribution in [0.15, 0.2) is 48.5 Å². The Hall–Kier alpha value is -2.36. The molecule has 2 aromatic carbocycles. The minimum absolute atomic E-state index is 0.102. The standard InChI is InChI=1S/C17H17FN2O/c1-17(2)11-20(15-10-6-5-9-14(15)19-17)16(21)12-7-3-4-8-13(12)18/h3-10,19H,11H2,1-2H3. The smallest absolute Gasteiger partial charge is 0.261 e. The Morgan fingerprint density at radius 3 is 2.57 bits per heavy atom. The summed E-state index contributed by atoms with van der Waals surface area (Å²) in [6.45, 7) is 4.52. The van der Waals surface area contributed by atoms with Gasteiger partial charge < -0.3 is 10.2 Å². The minimum Gasteiger partial charge on any atom is -0.377 e. The van der Waals surface area contributed by atoms with Crippen molar-refractivity contribution >= 4 is 17.3 Å². The lowest BCUT2D eigenvalue weighted by molar-refractivity contribution is 0.0978. The third-order valence-electron chi connectivity index (χ3n) is 3.57. The molecule has 0 fully saturated rings. The van der Waals surface area contributed by atoms with E-state index in [0.717, 1.165) is 11.4 Å². The van der Waals surface area contributed by atoms with Gasteiger partial charge >= 0.3 is 0 Å². The van der Waals surface area contributed by atoms with Crippen LogP contribution in [0.2, 0.25) is 0 Å². The Morgan fingerprint density at radius 1 is 1.14 bits per heavy atom. The fourth-order valence-corrected chi connectivity index (χ4v) is 2.66. The van der Waals surface area contributed by atoms with Crippen LogP contribution in [0.5, 0.6) is 0 Å². The first-order valence-corrected chi connectivity index (χ1v) is 6.91. The number of fused-ring (bicyclic) bond motifs is 1. The zero-order valence-corrected chi connectivity index (χ0v) is 12.1. The second kappa shape index (κ2) is 4.88. The van der Waals surface area contributed by atoms with E-state index in [4.69, 9.17) is 0 Å². The van der Waals surface area contributed by atoms with Gasteiger partial charge in [0.1, 0.15) is 5.82 Å². The number of amides is 1. The quantitative estimate of drug-likeness (QED) is 0.866. The molecule has 0 bridgehead atoms. The van der Waals surface area contributed by atoms with E-state index in [1.165, 1.54) is 12.1 Å². The molecule has 2 aromatic rings. The summed E-state index contributed by atoms with van der Waals surface area (Å²) in [4.78, 5) is 14.4. The van der Waals surface area contributed by atoms with Gasteiger partial charge in [0.05, 0.1) is 16.9 Å². The molecule has 1 N–H and O–H groups in total. The number of benzene rings is 2. The van der Waals surface area contributed by atoms with Crippen LogP contribution in [0.1, 0.15) is 24.2 Å². The fraction of sp³-hybridized carbons (Fsp3) is 0.235. The summed E-state index contributed by atoms with van der Waals surface area (Å²) in [6, 6.07) is 13.7. The molecule has 0 saturated carbocycles. The molecular formula is C17H17FN2O. The minimum atomic E-state index is -0.490. The van der Waals surface area contributed by atoms with Crippen molar-refractivity contribution in [2.24, 2.45) is 0 Å². The first-order chi connectivity index (χ1) is 9.98. The highest BCUT2D eigenvalue weighted by Crippen LogP contribution is 2.35. The number of rotatable bonds is 1. The number of para-hydroxylation sites is 2. The van der Waals surface area contributed by atoms with Crippen molar-refractivity contribution < 1.29 is 9.18 Å². The van der Waals surface area contributed by atoms with E-state index in [1.54, 1.807) is 17.0 Å². The van der Waals surface area contributed by atoms with Gasteiger partial charge in [-0.1, -0.05) is 24.3 Å². The van der Waals surface area contributed by atoms with E-state index in [1.807, 2.05) is 38.1 Å². The highest BCUT2D eigenvalue weighted by molar-refractivity contribution is 6.08. The summed E-state index contributed by atoms with van der Waals surface area (Å²) in [5, 5.41) is 3.40. The molecule has 108 valence electrons. The summed E-state index contributed by atoms with van der Waals surface area (Å²) < 4.78 is 13.9. The first kappa shape index (κ1) is 13.6. The van der Waals surface area contributed by atoms with E-state index in [2.05, 4.69) is 5.32 Å². The number of nitrogens with one attached hydrogen (secondary N) is 1. The van der Waals surface area contributed by atoms with Crippen LogP contribution in [0.3, 0.4) is 0 Å². The molecule has 21 heavy (non-hydrogen) atoms. The Morgan fingerprint density at radius 2 is 1.81 bits per heavy atom. The first-order valence-electron chi connectivity index (χ1n) is 6.91. The third-order valence-corrected chi connectivity index (χ3v) is 3.57. The third kappa shape index (κ3) is 2.49. The lowest BCUT2D eigenvalue weighted by atomic mass is 9.98. The molecule has 1 aliphatic rings. The van der Waals surface area contributed by atoms with E-state index in [9.17, 15) is 9.18 Å². The SMILES string of the molecule is CC1(C)CN(C(=O)c2ccccc2F)c2ccccc2N1. The second-order valence-corrected chi connectivity index (χ2v) is 5.90. The average molecular weight is 284 g/mol. The lowest BCUT2D eigenvalue weighted by Crippen LogP contribution is -2.50. The molecule has 1 heterocycles. The summed E-state index contributed by atoms with van der Waals surface area (Å²) in [5.74, 6) is -0.800.